The van der Waals surface area contributed by atoms with Crippen LogP contribution in [0.4, 0.5) is 0 Å². The molecule has 0 bridgehead atoms. The lowest BCUT2D eigenvalue weighted by molar-refractivity contribution is -0.0973. The van der Waals surface area contributed by atoms with Gasteiger partial charge in [-0.1, -0.05) is 0 Å². The second kappa shape index (κ2) is 6.72. The van der Waals surface area contributed by atoms with E-state index in [1.54, 1.807) is 0 Å². The molecular formula is C22H42N2O2. The van der Waals surface area contributed by atoms with E-state index in [0.717, 1.165) is 38.5 Å². The third-order valence-electron chi connectivity index (χ3n) is 6.66. The van der Waals surface area contributed by atoms with E-state index in [1.165, 1.54) is 0 Å². The zero-order chi connectivity index (χ0) is 19.4. The average molecular weight is 367 g/mol. The normalized spacial score (nSPS) is 40.6. The van der Waals surface area contributed by atoms with Crippen LogP contribution in [0.15, 0.2) is 0 Å². The van der Waals surface area contributed by atoms with Crippen molar-refractivity contribution in [2.24, 2.45) is 0 Å². The van der Waals surface area contributed by atoms with Crippen LogP contribution in [0.5, 0.6) is 0 Å². The van der Waals surface area contributed by atoms with Gasteiger partial charge in [0.1, 0.15) is 0 Å². The zero-order valence-electron chi connectivity index (χ0n) is 18.4. The van der Waals surface area contributed by atoms with E-state index in [1.807, 2.05) is 0 Å². The number of rotatable bonds is 4. The molecule has 2 saturated heterocycles. The first kappa shape index (κ1) is 20.6. The van der Waals surface area contributed by atoms with Gasteiger partial charge in [0.15, 0.2) is 0 Å². The number of ether oxygens (including phenoxy) is 2. The van der Waals surface area contributed by atoms with Crippen molar-refractivity contribution in [2.75, 3.05) is 0 Å². The molecular weight excluding hydrogens is 324 g/mol. The van der Waals surface area contributed by atoms with Crippen molar-refractivity contribution in [2.45, 2.75) is 140 Å². The van der Waals surface area contributed by atoms with Gasteiger partial charge in [0.2, 0.25) is 0 Å². The van der Waals surface area contributed by atoms with Crippen LogP contribution in [-0.2, 0) is 9.47 Å². The van der Waals surface area contributed by atoms with E-state index in [4.69, 9.17) is 9.47 Å². The molecule has 26 heavy (non-hydrogen) atoms. The molecule has 0 spiro atoms. The highest BCUT2D eigenvalue weighted by Crippen LogP contribution is 2.38. The van der Waals surface area contributed by atoms with E-state index < -0.39 is 0 Å². The average Bonchev–Trinajstić information content (AvgIpc) is 2.78. The second-order valence-corrected chi connectivity index (χ2v) is 11.5. The predicted octanol–water partition coefficient (Wildman–Crippen LogP) is 4.17. The van der Waals surface area contributed by atoms with E-state index >= 15 is 0 Å². The van der Waals surface area contributed by atoms with Gasteiger partial charge in [-0.3, -0.25) is 0 Å². The summed E-state index contributed by atoms with van der Waals surface area (Å²) >= 11 is 0. The minimum atomic E-state index is 0.0575. The lowest BCUT2D eigenvalue weighted by Crippen LogP contribution is -2.48. The Morgan fingerprint density at radius 3 is 1.12 bits per heavy atom. The van der Waals surface area contributed by atoms with Gasteiger partial charge in [0.05, 0.1) is 24.4 Å². The number of nitrogens with one attached hydrogen (secondary N) is 2. The molecule has 3 aliphatic rings. The maximum absolute atomic E-state index is 6.57. The molecule has 1 saturated carbocycles. The topological polar surface area (TPSA) is 42.5 Å². The minimum Gasteiger partial charge on any atom is -0.373 e. The van der Waals surface area contributed by atoms with Crippen molar-refractivity contribution in [1.82, 2.24) is 10.6 Å². The summed E-state index contributed by atoms with van der Waals surface area (Å²) in [6, 6.07) is 0. The molecule has 4 nitrogen and oxygen atoms in total. The third kappa shape index (κ3) is 4.63. The largest absolute Gasteiger partial charge is 0.373 e. The van der Waals surface area contributed by atoms with Gasteiger partial charge in [-0.2, -0.15) is 0 Å². The SMILES string of the molecule is CC1(C)CC(OC2CCC(OC3CC(C)(C)NC3(C)C)CC2)C(C)(C)N1. The van der Waals surface area contributed by atoms with Crippen molar-refractivity contribution < 1.29 is 9.47 Å². The van der Waals surface area contributed by atoms with E-state index in [2.05, 4.69) is 66.0 Å². The van der Waals surface area contributed by atoms with Crippen LogP contribution in [0.2, 0.25) is 0 Å². The Balaban J connectivity index is 1.48. The molecule has 0 aromatic rings. The molecule has 1 aliphatic carbocycles. The van der Waals surface area contributed by atoms with Gasteiger partial charge in [-0.15, -0.1) is 0 Å². The fourth-order valence-corrected chi connectivity index (χ4v) is 5.65. The molecule has 2 unspecified atom stereocenters. The van der Waals surface area contributed by atoms with E-state index in [-0.39, 0.29) is 22.2 Å². The number of hydrogen-bond donors (Lipinski definition) is 2. The first-order chi connectivity index (χ1) is 11.8. The molecule has 4 heteroatoms. The maximum atomic E-state index is 6.57. The van der Waals surface area contributed by atoms with E-state index in [0.29, 0.717) is 24.4 Å². The lowest BCUT2D eigenvalue weighted by Gasteiger charge is -2.37. The van der Waals surface area contributed by atoms with Crippen molar-refractivity contribution >= 4 is 0 Å². The van der Waals surface area contributed by atoms with Gasteiger partial charge < -0.3 is 20.1 Å². The highest BCUT2D eigenvalue weighted by Gasteiger charge is 2.47. The van der Waals surface area contributed by atoms with Crippen LogP contribution in [0.1, 0.15) is 93.9 Å². The smallest absolute Gasteiger partial charge is 0.0772 e. The summed E-state index contributed by atoms with van der Waals surface area (Å²) in [6.07, 6.45) is 8.08. The molecule has 0 amide bonds. The Morgan fingerprint density at radius 2 is 0.885 bits per heavy atom. The molecule has 0 radical (unpaired) electrons. The molecule has 2 N–H and O–H groups in total. The van der Waals surface area contributed by atoms with Gasteiger partial charge in [0.25, 0.3) is 0 Å². The molecule has 3 fully saturated rings. The highest BCUT2D eigenvalue weighted by molar-refractivity contribution is 5.05. The monoisotopic (exact) mass is 366 g/mol. The van der Waals surface area contributed by atoms with E-state index in [9.17, 15) is 0 Å². The van der Waals surface area contributed by atoms with Crippen molar-refractivity contribution in [3.8, 4) is 0 Å². The first-order valence-electron chi connectivity index (χ1n) is 10.7. The Labute approximate surface area is 161 Å². The predicted molar refractivity (Wildman–Crippen MR) is 108 cm³/mol. The fraction of sp³-hybridized carbons (Fsp3) is 1.00. The van der Waals surface area contributed by atoms with Crippen LogP contribution in [0, 0.1) is 0 Å². The Kier molecular flexibility index (Phi) is 5.32. The zero-order valence-corrected chi connectivity index (χ0v) is 18.4. The quantitative estimate of drug-likeness (QED) is 0.784. The Hall–Kier alpha value is -0.160. The Bertz CT molecular complexity index is 458. The van der Waals surface area contributed by atoms with Gasteiger partial charge in [0, 0.05) is 22.2 Å². The Morgan fingerprint density at radius 1 is 0.577 bits per heavy atom. The fourth-order valence-electron chi connectivity index (χ4n) is 5.65. The van der Waals surface area contributed by atoms with Crippen LogP contribution >= 0.6 is 0 Å². The van der Waals surface area contributed by atoms with Crippen LogP contribution in [-0.4, -0.2) is 46.6 Å². The summed E-state index contributed by atoms with van der Waals surface area (Å²) < 4.78 is 13.1. The minimum absolute atomic E-state index is 0.0575. The molecule has 0 aromatic heterocycles. The summed E-state index contributed by atoms with van der Waals surface area (Å²) in [5.41, 5.74) is 0.453. The van der Waals surface area contributed by atoms with Gasteiger partial charge in [-0.25, -0.2) is 0 Å². The lowest BCUT2D eigenvalue weighted by atomic mass is 9.91. The molecule has 0 aromatic carbocycles. The molecule has 152 valence electrons. The maximum Gasteiger partial charge on any atom is 0.0772 e. The second-order valence-electron chi connectivity index (χ2n) is 11.5. The van der Waals surface area contributed by atoms with Crippen molar-refractivity contribution in [3.05, 3.63) is 0 Å². The summed E-state index contributed by atoms with van der Waals surface area (Å²) in [5.74, 6) is 0. The third-order valence-corrected chi connectivity index (χ3v) is 6.66. The van der Waals surface area contributed by atoms with Gasteiger partial charge in [-0.05, 0) is 93.9 Å². The summed E-state index contributed by atoms with van der Waals surface area (Å²) in [5, 5.41) is 7.45. The molecule has 3 rings (SSSR count). The van der Waals surface area contributed by atoms with Gasteiger partial charge >= 0.3 is 0 Å². The highest BCUT2D eigenvalue weighted by atomic mass is 16.5. The van der Waals surface area contributed by atoms with Crippen LogP contribution in [0.3, 0.4) is 0 Å². The standard InChI is InChI=1S/C22H42N2O2/c1-19(2)13-17(21(5,6)23-19)25-15-9-11-16(12-10-15)26-18-14-20(3,4)24-22(18,7)8/h15-18,23-24H,9-14H2,1-8H3. The summed E-state index contributed by atoms with van der Waals surface area (Å²) in [7, 11) is 0. The summed E-state index contributed by atoms with van der Waals surface area (Å²) in [4.78, 5) is 0. The molecule has 2 atom stereocenters. The van der Waals surface area contributed by atoms with Crippen LogP contribution < -0.4 is 10.6 Å². The van der Waals surface area contributed by atoms with Crippen LogP contribution in [0.25, 0.3) is 0 Å². The first-order valence-corrected chi connectivity index (χ1v) is 10.7. The molecule has 2 heterocycles. The summed E-state index contributed by atoms with van der Waals surface area (Å²) in [6.45, 7) is 18.2. The molecule has 2 aliphatic heterocycles. The number of hydrogen-bond acceptors (Lipinski definition) is 4. The van der Waals surface area contributed by atoms with Crippen molar-refractivity contribution in [1.29, 1.82) is 0 Å². The van der Waals surface area contributed by atoms with Crippen molar-refractivity contribution in [3.63, 3.8) is 0 Å².